The lowest BCUT2D eigenvalue weighted by Gasteiger charge is -1.94. The van der Waals surface area contributed by atoms with Crippen LogP contribution in [0.5, 0.6) is 0 Å². The summed E-state index contributed by atoms with van der Waals surface area (Å²) in [5.41, 5.74) is 6.21. The van der Waals surface area contributed by atoms with E-state index >= 15 is 0 Å². The standard InChI is InChI=1S/C19H12N8/c1-2-15-18(24-14(1)16-7-11-8-20-5-3-12(11)23-16)26-19(25-15)27-6-4-13-17(9-27)22-10-21-13/h1-10H,(H2,20,23,24,25,26)/p+1. The lowest BCUT2D eigenvalue weighted by atomic mass is 10.2. The quantitative estimate of drug-likeness (QED) is 0.416. The second-order valence-electron chi connectivity index (χ2n) is 6.33. The first-order chi connectivity index (χ1) is 13.3. The molecule has 0 saturated heterocycles. The molecule has 0 saturated carbocycles. The van der Waals surface area contributed by atoms with Crippen LogP contribution in [0.4, 0.5) is 0 Å². The summed E-state index contributed by atoms with van der Waals surface area (Å²) in [6.45, 7) is 0. The van der Waals surface area contributed by atoms with E-state index in [0.717, 1.165) is 38.8 Å². The number of aromatic nitrogens is 8. The van der Waals surface area contributed by atoms with Gasteiger partial charge in [-0.15, -0.1) is 0 Å². The number of imidazole rings is 2. The fourth-order valence-electron chi connectivity index (χ4n) is 3.28. The Morgan fingerprint density at radius 1 is 0.926 bits per heavy atom. The Labute approximate surface area is 152 Å². The van der Waals surface area contributed by atoms with Crippen molar-refractivity contribution >= 4 is 33.1 Å². The molecule has 6 rings (SSSR count). The van der Waals surface area contributed by atoms with E-state index in [9.17, 15) is 0 Å². The average molecular weight is 353 g/mol. The third kappa shape index (κ3) is 2.20. The van der Waals surface area contributed by atoms with Gasteiger partial charge in [-0.3, -0.25) is 4.98 Å². The van der Waals surface area contributed by atoms with Crippen LogP contribution in [0.25, 0.3) is 50.4 Å². The SMILES string of the molecule is c1cc2[nH]c(-c3ccc4[nH]c(-[n+]5ccc6nc[nH]c6c5)nc4n3)cc2cn1. The van der Waals surface area contributed by atoms with Crippen LogP contribution in [0.1, 0.15) is 0 Å². The van der Waals surface area contributed by atoms with E-state index in [4.69, 9.17) is 4.98 Å². The minimum absolute atomic E-state index is 0.663. The van der Waals surface area contributed by atoms with Gasteiger partial charge in [0.1, 0.15) is 0 Å². The summed E-state index contributed by atoms with van der Waals surface area (Å²) in [6.07, 6.45) is 9.16. The number of H-pyrrole nitrogens is 3. The molecule has 0 amide bonds. The van der Waals surface area contributed by atoms with Gasteiger partial charge in [-0.2, -0.15) is 0 Å². The van der Waals surface area contributed by atoms with E-state index in [2.05, 4.69) is 29.9 Å². The first kappa shape index (κ1) is 14.1. The molecule has 128 valence electrons. The Morgan fingerprint density at radius 2 is 1.93 bits per heavy atom. The van der Waals surface area contributed by atoms with E-state index in [-0.39, 0.29) is 0 Å². The van der Waals surface area contributed by atoms with Gasteiger partial charge in [0, 0.05) is 23.3 Å². The molecule has 6 heterocycles. The van der Waals surface area contributed by atoms with E-state index in [1.165, 1.54) is 0 Å². The molecule has 27 heavy (non-hydrogen) atoms. The van der Waals surface area contributed by atoms with Crippen LogP contribution in [0.3, 0.4) is 0 Å². The predicted octanol–water partition coefficient (Wildman–Crippen LogP) is 2.65. The van der Waals surface area contributed by atoms with Crippen LogP contribution < -0.4 is 4.57 Å². The van der Waals surface area contributed by atoms with Crippen molar-refractivity contribution in [1.29, 1.82) is 0 Å². The molecule has 0 aliphatic carbocycles. The molecule has 0 unspecified atom stereocenters. The normalized spacial score (nSPS) is 11.7. The number of hydrogen-bond donors (Lipinski definition) is 3. The highest BCUT2D eigenvalue weighted by Crippen LogP contribution is 2.23. The van der Waals surface area contributed by atoms with Gasteiger partial charge in [0.15, 0.2) is 5.52 Å². The van der Waals surface area contributed by atoms with Gasteiger partial charge in [0.25, 0.3) is 5.65 Å². The molecule has 0 atom stereocenters. The molecule has 0 bridgehead atoms. The number of pyridine rings is 3. The number of aromatic amines is 3. The summed E-state index contributed by atoms with van der Waals surface area (Å²) in [6, 6.07) is 9.91. The van der Waals surface area contributed by atoms with E-state index < -0.39 is 0 Å². The lowest BCUT2D eigenvalue weighted by Crippen LogP contribution is -2.31. The van der Waals surface area contributed by atoms with Crippen molar-refractivity contribution < 1.29 is 4.57 Å². The van der Waals surface area contributed by atoms with E-state index in [1.807, 2.05) is 53.5 Å². The lowest BCUT2D eigenvalue weighted by molar-refractivity contribution is -0.601. The number of rotatable bonds is 2. The second kappa shape index (κ2) is 5.21. The predicted molar refractivity (Wildman–Crippen MR) is 100 cm³/mol. The van der Waals surface area contributed by atoms with Gasteiger partial charge in [-0.25, -0.2) is 19.5 Å². The zero-order valence-corrected chi connectivity index (χ0v) is 14.0. The number of nitrogens with one attached hydrogen (secondary N) is 3. The zero-order valence-electron chi connectivity index (χ0n) is 14.0. The fraction of sp³-hybridized carbons (Fsp3) is 0. The van der Waals surface area contributed by atoms with Crippen molar-refractivity contribution in [3.63, 3.8) is 0 Å². The Bertz CT molecular complexity index is 1410. The maximum Gasteiger partial charge on any atom is 0.403 e. The van der Waals surface area contributed by atoms with Crippen molar-refractivity contribution in [3.8, 4) is 17.3 Å². The molecule has 3 N–H and O–H groups in total. The summed E-state index contributed by atoms with van der Waals surface area (Å²) < 4.78 is 1.91. The molecule has 0 aliphatic heterocycles. The Balaban J connectivity index is 1.46. The van der Waals surface area contributed by atoms with Gasteiger partial charge >= 0.3 is 5.95 Å². The molecular formula is C19H13N8+. The first-order valence-corrected chi connectivity index (χ1v) is 8.48. The molecule has 0 radical (unpaired) electrons. The highest BCUT2D eigenvalue weighted by Gasteiger charge is 2.17. The van der Waals surface area contributed by atoms with Gasteiger partial charge in [-0.05, 0) is 35.3 Å². The maximum atomic E-state index is 4.71. The summed E-state index contributed by atoms with van der Waals surface area (Å²) >= 11 is 0. The van der Waals surface area contributed by atoms with Gasteiger partial charge in [-0.1, -0.05) is 0 Å². The van der Waals surface area contributed by atoms with Crippen LogP contribution in [0, 0.1) is 0 Å². The number of fused-ring (bicyclic) bond motifs is 3. The third-order valence-corrected chi connectivity index (χ3v) is 4.64. The largest absolute Gasteiger partial charge is 0.403 e. The summed E-state index contributed by atoms with van der Waals surface area (Å²) in [4.78, 5) is 27.6. The smallest absolute Gasteiger partial charge is 0.353 e. The topological polar surface area (TPSA) is 103 Å². The molecule has 0 fully saturated rings. The van der Waals surface area contributed by atoms with Crippen LogP contribution in [0.2, 0.25) is 0 Å². The Kier molecular flexibility index (Phi) is 2.73. The molecule has 0 aliphatic rings. The van der Waals surface area contributed by atoms with Crippen molar-refractivity contribution in [2.24, 2.45) is 0 Å². The van der Waals surface area contributed by atoms with Gasteiger partial charge in [0.05, 0.1) is 41.1 Å². The van der Waals surface area contributed by atoms with E-state index in [0.29, 0.717) is 11.6 Å². The molecule has 0 spiro atoms. The Morgan fingerprint density at radius 3 is 2.89 bits per heavy atom. The van der Waals surface area contributed by atoms with Crippen LogP contribution >= 0.6 is 0 Å². The molecular weight excluding hydrogens is 340 g/mol. The van der Waals surface area contributed by atoms with Gasteiger partial charge in [0.2, 0.25) is 0 Å². The third-order valence-electron chi connectivity index (χ3n) is 4.64. The van der Waals surface area contributed by atoms with Crippen molar-refractivity contribution in [3.05, 3.63) is 61.4 Å². The van der Waals surface area contributed by atoms with Crippen molar-refractivity contribution in [2.75, 3.05) is 0 Å². The molecule has 6 aromatic rings. The molecule has 0 aromatic carbocycles. The number of nitrogens with zero attached hydrogens (tertiary/aromatic N) is 5. The summed E-state index contributed by atoms with van der Waals surface area (Å²) in [5, 5.41) is 1.06. The highest BCUT2D eigenvalue weighted by molar-refractivity contribution is 5.85. The van der Waals surface area contributed by atoms with Crippen LogP contribution in [-0.2, 0) is 0 Å². The first-order valence-electron chi connectivity index (χ1n) is 8.48. The van der Waals surface area contributed by atoms with E-state index in [1.54, 1.807) is 12.5 Å². The summed E-state index contributed by atoms with van der Waals surface area (Å²) in [5.74, 6) is 0.701. The minimum Gasteiger partial charge on any atom is -0.353 e. The molecule has 6 aromatic heterocycles. The fourth-order valence-corrected chi connectivity index (χ4v) is 3.28. The minimum atomic E-state index is 0.663. The maximum absolute atomic E-state index is 4.71. The molecule has 8 nitrogen and oxygen atoms in total. The number of hydrogen-bond acceptors (Lipinski definition) is 4. The highest BCUT2D eigenvalue weighted by atomic mass is 15.2. The second-order valence-corrected chi connectivity index (χ2v) is 6.33. The van der Waals surface area contributed by atoms with Gasteiger partial charge < -0.3 is 9.97 Å². The molecule has 8 heteroatoms. The van der Waals surface area contributed by atoms with Crippen molar-refractivity contribution in [2.45, 2.75) is 0 Å². The average Bonchev–Trinajstić information content (AvgIpc) is 3.42. The monoisotopic (exact) mass is 353 g/mol. The zero-order chi connectivity index (χ0) is 17.8. The van der Waals surface area contributed by atoms with Crippen molar-refractivity contribution in [1.82, 2.24) is 34.9 Å². The Hall–Kier alpha value is -4.07. The summed E-state index contributed by atoms with van der Waals surface area (Å²) in [7, 11) is 0. The van der Waals surface area contributed by atoms with Crippen LogP contribution in [0.15, 0.2) is 61.4 Å². The van der Waals surface area contributed by atoms with Crippen LogP contribution in [-0.4, -0.2) is 34.9 Å².